The number of aryl methyl sites for hydroxylation is 1. The predicted octanol–water partition coefficient (Wildman–Crippen LogP) is 3.47. The summed E-state index contributed by atoms with van der Waals surface area (Å²) < 4.78 is 0. The highest BCUT2D eigenvalue weighted by atomic mass is 16.2. The van der Waals surface area contributed by atoms with Crippen molar-refractivity contribution in [1.29, 1.82) is 0 Å². The molecule has 0 unspecified atom stereocenters. The Morgan fingerprint density at radius 1 is 1.09 bits per heavy atom. The maximum Gasteiger partial charge on any atom is 0.315 e. The summed E-state index contributed by atoms with van der Waals surface area (Å²) >= 11 is 0. The summed E-state index contributed by atoms with van der Waals surface area (Å²) in [6.45, 7) is 8.51. The molecule has 0 spiro atoms. The third-order valence-electron chi connectivity index (χ3n) is 3.71. The Morgan fingerprint density at radius 2 is 1.74 bits per heavy atom. The average Bonchev–Trinajstić information content (AvgIpc) is 2.53. The molecule has 23 heavy (non-hydrogen) atoms. The van der Waals surface area contributed by atoms with Gasteiger partial charge in [0.2, 0.25) is 0 Å². The minimum Gasteiger partial charge on any atom is -0.332 e. The molecule has 1 aromatic carbocycles. The van der Waals surface area contributed by atoms with Crippen molar-refractivity contribution in [2.75, 3.05) is 0 Å². The van der Waals surface area contributed by atoms with Crippen molar-refractivity contribution in [2.24, 2.45) is 0 Å². The van der Waals surface area contributed by atoms with Crippen LogP contribution >= 0.6 is 0 Å². The van der Waals surface area contributed by atoms with Crippen molar-refractivity contribution in [3.8, 4) is 0 Å². The lowest BCUT2D eigenvalue weighted by Crippen LogP contribution is -2.36. The number of benzene rings is 1. The van der Waals surface area contributed by atoms with Crippen molar-refractivity contribution in [1.82, 2.24) is 20.6 Å². The van der Waals surface area contributed by atoms with E-state index >= 15 is 0 Å². The topological polar surface area (TPSA) is 66.9 Å². The Kier molecular flexibility index (Phi) is 5.68. The van der Waals surface area contributed by atoms with Gasteiger partial charge in [0.1, 0.15) is 5.82 Å². The number of carbonyl (C=O) groups excluding carboxylic acids is 1. The lowest BCUT2D eigenvalue weighted by molar-refractivity contribution is 0.237. The molecule has 0 saturated heterocycles. The number of rotatable bonds is 5. The van der Waals surface area contributed by atoms with Gasteiger partial charge in [-0.2, -0.15) is 0 Å². The van der Waals surface area contributed by atoms with Crippen LogP contribution in [0.3, 0.4) is 0 Å². The van der Waals surface area contributed by atoms with Crippen molar-refractivity contribution >= 4 is 6.03 Å². The molecule has 2 aromatic rings. The maximum absolute atomic E-state index is 12.0. The second-order valence-corrected chi connectivity index (χ2v) is 5.97. The van der Waals surface area contributed by atoms with Gasteiger partial charge in [-0.15, -0.1) is 0 Å². The molecule has 0 aliphatic heterocycles. The smallest absolute Gasteiger partial charge is 0.315 e. The van der Waals surface area contributed by atoms with Gasteiger partial charge >= 0.3 is 6.03 Å². The van der Waals surface area contributed by atoms with E-state index in [0.29, 0.717) is 18.3 Å². The summed E-state index contributed by atoms with van der Waals surface area (Å²) in [7, 11) is 0. The van der Waals surface area contributed by atoms with Crippen LogP contribution in [0.25, 0.3) is 0 Å². The van der Waals surface area contributed by atoms with Gasteiger partial charge in [0.15, 0.2) is 0 Å². The van der Waals surface area contributed by atoms with Crippen LogP contribution in [0.1, 0.15) is 55.4 Å². The van der Waals surface area contributed by atoms with Gasteiger partial charge in [-0.25, -0.2) is 14.8 Å². The quantitative estimate of drug-likeness (QED) is 0.888. The van der Waals surface area contributed by atoms with Gasteiger partial charge in [0.05, 0.1) is 18.3 Å². The highest BCUT2D eigenvalue weighted by Gasteiger charge is 2.10. The lowest BCUT2D eigenvalue weighted by atomic mass is 10.00. The van der Waals surface area contributed by atoms with Gasteiger partial charge in [-0.1, -0.05) is 38.1 Å². The number of carbonyl (C=O) groups is 1. The number of hydrogen-bond acceptors (Lipinski definition) is 3. The first-order chi connectivity index (χ1) is 11.0. The molecule has 0 aliphatic rings. The number of nitrogens with one attached hydrogen (secondary N) is 2. The second kappa shape index (κ2) is 7.72. The van der Waals surface area contributed by atoms with Gasteiger partial charge in [-0.05, 0) is 37.0 Å². The molecule has 122 valence electrons. The minimum absolute atomic E-state index is 0.0525. The monoisotopic (exact) mass is 312 g/mol. The van der Waals surface area contributed by atoms with Crippen LogP contribution in [-0.2, 0) is 6.54 Å². The SMILES string of the molecule is Cc1nccc(CNC(=O)N[C@H](C)c2ccc(C(C)C)cc2)n1. The van der Waals surface area contributed by atoms with E-state index in [1.54, 1.807) is 12.3 Å². The molecule has 0 saturated carbocycles. The molecule has 1 atom stereocenters. The predicted molar refractivity (Wildman–Crippen MR) is 91.1 cm³/mol. The number of aromatic nitrogens is 2. The first kappa shape index (κ1) is 16.9. The van der Waals surface area contributed by atoms with E-state index in [9.17, 15) is 4.79 Å². The van der Waals surface area contributed by atoms with Gasteiger partial charge in [0.25, 0.3) is 0 Å². The molecular weight excluding hydrogens is 288 g/mol. The lowest BCUT2D eigenvalue weighted by Gasteiger charge is -2.16. The largest absolute Gasteiger partial charge is 0.332 e. The van der Waals surface area contributed by atoms with E-state index in [4.69, 9.17) is 0 Å². The van der Waals surface area contributed by atoms with Crippen LogP contribution < -0.4 is 10.6 Å². The van der Waals surface area contributed by atoms with E-state index in [2.05, 4.69) is 58.7 Å². The van der Waals surface area contributed by atoms with Crippen LogP contribution in [0.2, 0.25) is 0 Å². The number of amides is 2. The average molecular weight is 312 g/mol. The van der Waals surface area contributed by atoms with E-state index < -0.39 is 0 Å². The van der Waals surface area contributed by atoms with E-state index in [-0.39, 0.29) is 12.1 Å². The molecule has 1 heterocycles. The number of hydrogen-bond donors (Lipinski definition) is 2. The minimum atomic E-state index is -0.207. The van der Waals surface area contributed by atoms with Crippen LogP contribution in [-0.4, -0.2) is 16.0 Å². The molecule has 0 radical (unpaired) electrons. The van der Waals surface area contributed by atoms with Crippen molar-refractivity contribution in [2.45, 2.75) is 46.2 Å². The van der Waals surface area contributed by atoms with Crippen LogP contribution in [0.5, 0.6) is 0 Å². The van der Waals surface area contributed by atoms with E-state index in [1.807, 2.05) is 13.8 Å². The Labute approximate surface area is 137 Å². The maximum atomic E-state index is 12.0. The summed E-state index contributed by atoms with van der Waals surface area (Å²) in [5.74, 6) is 1.20. The highest BCUT2D eigenvalue weighted by Crippen LogP contribution is 2.18. The second-order valence-electron chi connectivity index (χ2n) is 5.97. The zero-order valence-electron chi connectivity index (χ0n) is 14.1. The fraction of sp³-hybridized carbons (Fsp3) is 0.389. The molecular formula is C18H24N4O. The standard InChI is InChI=1S/C18H24N4O/c1-12(2)15-5-7-16(8-6-15)13(3)21-18(23)20-11-17-9-10-19-14(4)22-17/h5-10,12-13H,11H2,1-4H3,(H2,20,21,23)/t13-/m1/s1. The fourth-order valence-electron chi connectivity index (χ4n) is 2.28. The molecule has 2 amide bonds. The summed E-state index contributed by atoms with van der Waals surface area (Å²) in [4.78, 5) is 20.3. The summed E-state index contributed by atoms with van der Waals surface area (Å²) in [6, 6.07) is 9.88. The van der Waals surface area contributed by atoms with Crippen LogP contribution in [0.15, 0.2) is 36.5 Å². The third kappa shape index (κ3) is 5.06. The summed E-state index contributed by atoms with van der Waals surface area (Å²) in [5.41, 5.74) is 3.17. The molecule has 2 N–H and O–H groups in total. The molecule has 0 bridgehead atoms. The Balaban J connectivity index is 1.86. The fourth-order valence-corrected chi connectivity index (χ4v) is 2.28. The van der Waals surface area contributed by atoms with Crippen LogP contribution in [0.4, 0.5) is 4.79 Å². The van der Waals surface area contributed by atoms with Crippen molar-refractivity contribution in [3.63, 3.8) is 0 Å². The van der Waals surface area contributed by atoms with Crippen molar-refractivity contribution in [3.05, 3.63) is 59.2 Å². The van der Waals surface area contributed by atoms with Crippen molar-refractivity contribution < 1.29 is 4.79 Å². The summed E-state index contributed by atoms with van der Waals surface area (Å²) in [6.07, 6.45) is 1.69. The number of urea groups is 1. The normalized spacial score (nSPS) is 12.0. The first-order valence-corrected chi connectivity index (χ1v) is 7.88. The molecule has 2 rings (SSSR count). The Hall–Kier alpha value is -2.43. The molecule has 5 heteroatoms. The van der Waals surface area contributed by atoms with Crippen LogP contribution in [0, 0.1) is 6.92 Å². The Bertz CT molecular complexity index is 652. The molecule has 0 fully saturated rings. The van der Waals surface area contributed by atoms with Gasteiger partial charge < -0.3 is 10.6 Å². The zero-order valence-corrected chi connectivity index (χ0v) is 14.1. The molecule has 1 aromatic heterocycles. The highest BCUT2D eigenvalue weighted by molar-refractivity contribution is 5.74. The zero-order chi connectivity index (χ0) is 16.8. The third-order valence-corrected chi connectivity index (χ3v) is 3.71. The number of nitrogens with zero attached hydrogens (tertiary/aromatic N) is 2. The molecule has 0 aliphatic carbocycles. The van der Waals surface area contributed by atoms with Gasteiger partial charge in [-0.3, -0.25) is 0 Å². The Morgan fingerprint density at radius 3 is 2.35 bits per heavy atom. The van der Waals surface area contributed by atoms with E-state index in [0.717, 1.165) is 11.3 Å². The van der Waals surface area contributed by atoms with Gasteiger partial charge in [0, 0.05) is 6.20 Å². The summed E-state index contributed by atoms with van der Waals surface area (Å²) in [5, 5.41) is 5.75. The van der Waals surface area contributed by atoms with E-state index in [1.165, 1.54) is 5.56 Å². The molecule has 5 nitrogen and oxygen atoms in total. The first-order valence-electron chi connectivity index (χ1n) is 7.88.